The summed E-state index contributed by atoms with van der Waals surface area (Å²) in [6, 6.07) is 8.90. The smallest absolute Gasteiger partial charge is 0.452 e. The van der Waals surface area contributed by atoms with Crippen LogP contribution in [0, 0.1) is 5.82 Å². The number of aromatic nitrogens is 3. The Kier molecular flexibility index (Phi) is 4.91. The van der Waals surface area contributed by atoms with Crippen LogP contribution in [0.1, 0.15) is 0 Å². The van der Waals surface area contributed by atoms with Crippen molar-refractivity contribution in [3.8, 4) is 17.1 Å². The summed E-state index contributed by atoms with van der Waals surface area (Å²) in [5, 5.41) is 4.17. The van der Waals surface area contributed by atoms with Gasteiger partial charge in [-0.25, -0.2) is 18.9 Å². The maximum absolute atomic E-state index is 13.6. The summed E-state index contributed by atoms with van der Waals surface area (Å²) in [6.07, 6.45) is -5.19. The number of benzene rings is 2. The maximum atomic E-state index is 13.6. The average Bonchev–Trinajstić information content (AvgIpc) is 3.13. The third kappa shape index (κ3) is 3.72. The predicted molar refractivity (Wildman–Crippen MR) is 92.1 cm³/mol. The zero-order valence-corrected chi connectivity index (χ0v) is 14.3. The molecule has 0 aliphatic carbocycles. The van der Waals surface area contributed by atoms with Gasteiger partial charge >= 0.3 is 12.4 Å². The fraction of sp³-hybridized carbons (Fsp3) is 0.118. The number of hydrogen-bond acceptors (Lipinski definition) is 5. The lowest BCUT2D eigenvalue weighted by Crippen LogP contribution is -2.43. The zero-order chi connectivity index (χ0) is 20.5. The van der Waals surface area contributed by atoms with Gasteiger partial charge in [-0.15, -0.1) is 18.3 Å². The Bertz CT molecular complexity index is 1000. The van der Waals surface area contributed by atoms with E-state index in [2.05, 4.69) is 14.8 Å². The number of anilines is 2. The van der Waals surface area contributed by atoms with E-state index in [1.54, 1.807) is 6.07 Å². The third-order valence-corrected chi connectivity index (χ3v) is 3.73. The van der Waals surface area contributed by atoms with Crippen LogP contribution in [0.4, 0.5) is 33.7 Å². The Morgan fingerprint density at radius 1 is 1.18 bits per heavy atom. The van der Waals surface area contributed by atoms with Crippen LogP contribution < -0.4 is 10.6 Å². The zero-order valence-electron chi connectivity index (χ0n) is 14.3. The monoisotopic (exact) mass is 395 g/mol. The van der Waals surface area contributed by atoms with Gasteiger partial charge in [-0.3, -0.25) is 0 Å². The van der Waals surface area contributed by atoms with E-state index in [1.807, 2.05) is 0 Å². The molecule has 146 valence electrons. The molecule has 2 N–H and O–H groups in total. The summed E-state index contributed by atoms with van der Waals surface area (Å²) in [5.74, 6) is -0.414. The molecule has 3 rings (SSSR count). The van der Waals surface area contributed by atoms with Gasteiger partial charge in [0.25, 0.3) is 0 Å². The van der Waals surface area contributed by atoms with Crippen molar-refractivity contribution in [1.29, 1.82) is 0 Å². The lowest BCUT2D eigenvalue weighted by Gasteiger charge is -2.23. The number of rotatable bonds is 3. The van der Waals surface area contributed by atoms with Crippen molar-refractivity contribution < 1.29 is 27.1 Å². The first-order valence-electron chi connectivity index (χ1n) is 7.73. The van der Waals surface area contributed by atoms with Crippen LogP contribution in [0.5, 0.6) is 0 Å². The van der Waals surface area contributed by atoms with Crippen LogP contribution in [0.15, 0.2) is 48.8 Å². The quantitative estimate of drug-likeness (QED) is 0.415. The normalized spacial score (nSPS) is 11.3. The molecular weight excluding hydrogens is 382 g/mol. The number of nitrogen functional groups attached to an aromatic ring is 1. The molecule has 0 aliphatic rings. The molecule has 0 saturated carbocycles. The maximum Gasteiger partial charge on any atom is 0.494 e. The molecule has 28 heavy (non-hydrogen) atoms. The first-order valence-corrected chi connectivity index (χ1v) is 7.73. The standard InChI is InChI=1S/C17H13F4N5O2/c1-28-16(27)26(17(19,20)21)12-5-3-11(4-6-12)25-9-23-15(24-25)10-2-7-14(22)13(18)8-10/h2-9H,22H2,1H3. The summed E-state index contributed by atoms with van der Waals surface area (Å²) < 4.78 is 58.3. The van der Waals surface area contributed by atoms with Crippen molar-refractivity contribution in [2.75, 3.05) is 17.7 Å². The Hall–Kier alpha value is -3.63. The molecule has 0 bridgehead atoms. The number of hydrogen-bond donors (Lipinski definition) is 1. The van der Waals surface area contributed by atoms with Crippen LogP contribution in [0.25, 0.3) is 17.1 Å². The molecule has 1 heterocycles. The molecule has 0 radical (unpaired) electrons. The molecule has 7 nitrogen and oxygen atoms in total. The molecule has 0 atom stereocenters. The molecule has 0 spiro atoms. The van der Waals surface area contributed by atoms with E-state index in [0.717, 1.165) is 19.2 Å². The van der Waals surface area contributed by atoms with Gasteiger partial charge in [0.05, 0.1) is 24.2 Å². The highest BCUT2D eigenvalue weighted by molar-refractivity contribution is 5.88. The number of carbonyl (C=O) groups excluding carboxylic acids is 1. The second kappa shape index (κ2) is 7.18. The van der Waals surface area contributed by atoms with E-state index in [0.29, 0.717) is 11.3 Å². The highest BCUT2D eigenvalue weighted by atomic mass is 19.4. The molecule has 0 aliphatic heterocycles. The number of methoxy groups -OCH3 is 1. The van der Waals surface area contributed by atoms with Crippen LogP contribution in [0.3, 0.4) is 0 Å². The van der Waals surface area contributed by atoms with E-state index in [4.69, 9.17) is 5.73 Å². The Balaban J connectivity index is 1.89. The van der Waals surface area contributed by atoms with E-state index < -0.39 is 28.8 Å². The highest BCUT2D eigenvalue weighted by Gasteiger charge is 2.43. The first kappa shape index (κ1) is 19.1. The van der Waals surface area contributed by atoms with Crippen LogP contribution >= 0.6 is 0 Å². The van der Waals surface area contributed by atoms with Crippen LogP contribution in [-0.4, -0.2) is 34.3 Å². The van der Waals surface area contributed by atoms with Crippen molar-refractivity contribution in [3.05, 3.63) is 54.6 Å². The van der Waals surface area contributed by atoms with E-state index in [-0.39, 0.29) is 11.5 Å². The summed E-state index contributed by atoms with van der Waals surface area (Å²) in [7, 11) is 0.854. The van der Waals surface area contributed by atoms with Crippen molar-refractivity contribution >= 4 is 17.5 Å². The second-order valence-corrected chi connectivity index (χ2v) is 5.54. The summed E-state index contributed by atoms with van der Waals surface area (Å²) in [4.78, 5) is 15.1. The van der Waals surface area contributed by atoms with E-state index in [1.165, 1.54) is 35.3 Å². The number of halogens is 4. The van der Waals surface area contributed by atoms with Gasteiger partial charge in [0.1, 0.15) is 12.1 Å². The molecule has 0 saturated heterocycles. The van der Waals surface area contributed by atoms with Gasteiger partial charge < -0.3 is 10.5 Å². The predicted octanol–water partition coefficient (Wildman–Crippen LogP) is 3.75. The first-order chi connectivity index (χ1) is 13.2. The summed E-state index contributed by atoms with van der Waals surface area (Å²) >= 11 is 0. The fourth-order valence-corrected chi connectivity index (χ4v) is 2.39. The third-order valence-electron chi connectivity index (χ3n) is 3.73. The molecular formula is C17H13F4N5O2. The molecule has 2 aromatic carbocycles. The Morgan fingerprint density at radius 3 is 2.43 bits per heavy atom. The van der Waals surface area contributed by atoms with Gasteiger partial charge in [-0.1, -0.05) is 0 Å². The second-order valence-electron chi connectivity index (χ2n) is 5.54. The molecule has 1 amide bonds. The molecule has 0 unspecified atom stereocenters. The van der Waals surface area contributed by atoms with Crippen molar-refractivity contribution in [1.82, 2.24) is 14.8 Å². The van der Waals surface area contributed by atoms with E-state index in [9.17, 15) is 22.4 Å². The average molecular weight is 395 g/mol. The Labute approximate surface area is 156 Å². The molecule has 0 fully saturated rings. The largest absolute Gasteiger partial charge is 0.494 e. The van der Waals surface area contributed by atoms with Crippen LogP contribution in [-0.2, 0) is 4.74 Å². The minimum Gasteiger partial charge on any atom is -0.452 e. The number of ether oxygens (including phenoxy) is 1. The molecule has 11 heteroatoms. The number of alkyl halides is 3. The van der Waals surface area contributed by atoms with E-state index >= 15 is 0 Å². The minimum atomic E-state index is -4.95. The topological polar surface area (TPSA) is 86.3 Å². The summed E-state index contributed by atoms with van der Waals surface area (Å²) in [6.45, 7) is 0. The van der Waals surface area contributed by atoms with Crippen molar-refractivity contribution in [3.63, 3.8) is 0 Å². The molecule has 3 aromatic rings. The molecule has 1 aromatic heterocycles. The minimum absolute atomic E-state index is 0.0152. The van der Waals surface area contributed by atoms with Gasteiger partial charge in [0, 0.05) is 5.56 Å². The number of nitrogens with zero attached hydrogens (tertiary/aromatic N) is 4. The van der Waals surface area contributed by atoms with Crippen LogP contribution in [0.2, 0.25) is 0 Å². The van der Waals surface area contributed by atoms with Gasteiger partial charge in [-0.05, 0) is 42.5 Å². The lowest BCUT2D eigenvalue weighted by molar-refractivity contribution is -0.124. The van der Waals surface area contributed by atoms with Crippen molar-refractivity contribution in [2.45, 2.75) is 6.30 Å². The summed E-state index contributed by atoms with van der Waals surface area (Å²) in [5.41, 5.74) is 5.75. The van der Waals surface area contributed by atoms with Gasteiger partial charge in [0.15, 0.2) is 5.82 Å². The van der Waals surface area contributed by atoms with Crippen molar-refractivity contribution in [2.24, 2.45) is 0 Å². The van der Waals surface area contributed by atoms with Gasteiger partial charge in [0.2, 0.25) is 0 Å². The fourth-order valence-electron chi connectivity index (χ4n) is 2.39. The van der Waals surface area contributed by atoms with Gasteiger partial charge in [-0.2, -0.15) is 4.90 Å². The number of carbonyl (C=O) groups is 1. The lowest BCUT2D eigenvalue weighted by atomic mass is 10.2. The highest BCUT2D eigenvalue weighted by Crippen LogP contribution is 2.30. The number of nitrogens with two attached hydrogens (primary N) is 1. The number of amides is 1. The Morgan fingerprint density at radius 2 is 1.86 bits per heavy atom. The SMILES string of the molecule is COC(=O)N(c1ccc(-n2cnc(-c3ccc(N)c(F)c3)n2)cc1)C(F)(F)F.